The van der Waals surface area contributed by atoms with Gasteiger partial charge < -0.3 is 4.74 Å². The lowest BCUT2D eigenvalue weighted by atomic mass is 10.1. The molecular formula is C9H11ClN2O. The molecule has 0 aliphatic carbocycles. The maximum absolute atomic E-state index is 5.68. The SMILES string of the molecule is ClCc1ccnc([C@@H]2CCOC2)n1. The summed E-state index contributed by atoms with van der Waals surface area (Å²) in [5.74, 6) is 1.68. The molecule has 0 saturated carbocycles. The van der Waals surface area contributed by atoms with Crippen LogP contribution in [0.2, 0.25) is 0 Å². The van der Waals surface area contributed by atoms with Crippen molar-refractivity contribution in [3.63, 3.8) is 0 Å². The third-order valence-electron chi connectivity index (χ3n) is 2.16. The average Bonchev–Trinajstić information content (AvgIpc) is 2.71. The molecule has 1 aliphatic heterocycles. The largest absolute Gasteiger partial charge is 0.381 e. The molecule has 0 unspecified atom stereocenters. The summed E-state index contributed by atoms with van der Waals surface area (Å²) in [5.41, 5.74) is 0.888. The van der Waals surface area contributed by atoms with Gasteiger partial charge in [-0.3, -0.25) is 0 Å². The Hall–Kier alpha value is -0.670. The van der Waals surface area contributed by atoms with E-state index >= 15 is 0 Å². The van der Waals surface area contributed by atoms with E-state index in [0.717, 1.165) is 31.2 Å². The van der Waals surface area contributed by atoms with Crippen molar-refractivity contribution >= 4 is 11.6 Å². The van der Waals surface area contributed by atoms with Crippen molar-refractivity contribution in [1.82, 2.24) is 9.97 Å². The van der Waals surface area contributed by atoms with Gasteiger partial charge in [-0.25, -0.2) is 9.97 Å². The highest BCUT2D eigenvalue weighted by molar-refractivity contribution is 6.16. The third-order valence-corrected chi connectivity index (χ3v) is 2.44. The summed E-state index contributed by atoms with van der Waals surface area (Å²) < 4.78 is 5.27. The van der Waals surface area contributed by atoms with E-state index in [0.29, 0.717) is 11.8 Å². The Kier molecular flexibility index (Phi) is 2.76. The molecule has 2 rings (SSSR count). The van der Waals surface area contributed by atoms with Crippen LogP contribution in [0.5, 0.6) is 0 Å². The molecule has 2 heterocycles. The maximum Gasteiger partial charge on any atom is 0.134 e. The van der Waals surface area contributed by atoms with Crippen LogP contribution in [0.15, 0.2) is 12.3 Å². The minimum absolute atomic E-state index is 0.364. The number of hydrogen-bond donors (Lipinski definition) is 0. The van der Waals surface area contributed by atoms with Gasteiger partial charge in [0.15, 0.2) is 0 Å². The van der Waals surface area contributed by atoms with E-state index in [1.54, 1.807) is 6.20 Å². The monoisotopic (exact) mass is 198 g/mol. The average molecular weight is 199 g/mol. The predicted octanol–water partition coefficient (Wildman–Crippen LogP) is 1.72. The van der Waals surface area contributed by atoms with E-state index in [-0.39, 0.29) is 0 Å². The van der Waals surface area contributed by atoms with Crippen LogP contribution in [0.1, 0.15) is 23.9 Å². The first-order chi connectivity index (χ1) is 6.40. The highest BCUT2D eigenvalue weighted by Gasteiger charge is 2.20. The second-order valence-corrected chi connectivity index (χ2v) is 3.37. The lowest BCUT2D eigenvalue weighted by molar-refractivity contribution is 0.193. The fraction of sp³-hybridized carbons (Fsp3) is 0.556. The van der Waals surface area contributed by atoms with E-state index in [9.17, 15) is 0 Å². The van der Waals surface area contributed by atoms with Gasteiger partial charge in [-0.2, -0.15) is 0 Å². The summed E-state index contributed by atoms with van der Waals surface area (Å²) >= 11 is 5.68. The lowest BCUT2D eigenvalue weighted by Crippen LogP contribution is -2.05. The van der Waals surface area contributed by atoms with Crippen molar-refractivity contribution in [3.05, 3.63) is 23.8 Å². The molecule has 13 heavy (non-hydrogen) atoms. The Morgan fingerprint density at radius 1 is 1.62 bits per heavy atom. The van der Waals surface area contributed by atoms with Gasteiger partial charge in [0, 0.05) is 18.7 Å². The maximum atomic E-state index is 5.68. The number of rotatable bonds is 2. The van der Waals surface area contributed by atoms with Crippen molar-refractivity contribution in [2.75, 3.05) is 13.2 Å². The zero-order valence-corrected chi connectivity index (χ0v) is 8.00. The summed E-state index contributed by atoms with van der Waals surface area (Å²) in [7, 11) is 0. The molecule has 1 atom stereocenters. The van der Waals surface area contributed by atoms with Crippen LogP contribution < -0.4 is 0 Å². The topological polar surface area (TPSA) is 35.0 Å². The van der Waals surface area contributed by atoms with Gasteiger partial charge in [-0.1, -0.05) is 0 Å². The van der Waals surface area contributed by atoms with Crippen molar-refractivity contribution < 1.29 is 4.74 Å². The molecule has 4 heteroatoms. The van der Waals surface area contributed by atoms with Crippen molar-refractivity contribution in [2.45, 2.75) is 18.2 Å². The van der Waals surface area contributed by atoms with E-state index in [1.807, 2.05) is 6.07 Å². The third kappa shape index (κ3) is 1.98. The summed E-state index contributed by atoms with van der Waals surface area (Å²) in [4.78, 5) is 8.57. The number of aromatic nitrogens is 2. The predicted molar refractivity (Wildman–Crippen MR) is 49.8 cm³/mol. The number of halogens is 1. The van der Waals surface area contributed by atoms with Crippen molar-refractivity contribution in [3.8, 4) is 0 Å². The molecule has 1 fully saturated rings. The number of hydrogen-bond acceptors (Lipinski definition) is 3. The molecule has 1 aliphatic rings. The molecule has 1 saturated heterocycles. The molecule has 0 radical (unpaired) electrons. The van der Waals surface area contributed by atoms with Gasteiger partial charge in [0.1, 0.15) is 5.82 Å². The molecule has 3 nitrogen and oxygen atoms in total. The summed E-state index contributed by atoms with van der Waals surface area (Å²) in [6, 6.07) is 1.84. The van der Waals surface area contributed by atoms with Crippen LogP contribution in [-0.2, 0) is 10.6 Å². The van der Waals surface area contributed by atoms with Crippen LogP contribution in [0, 0.1) is 0 Å². The van der Waals surface area contributed by atoms with E-state index in [4.69, 9.17) is 16.3 Å². The van der Waals surface area contributed by atoms with E-state index in [1.165, 1.54) is 0 Å². The van der Waals surface area contributed by atoms with Crippen LogP contribution in [0.4, 0.5) is 0 Å². The molecule has 0 amide bonds. The van der Waals surface area contributed by atoms with Gasteiger partial charge in [0.05, 0.1) is 18.2 Å². The molecule has 0 spiro atoms. The molecule has 0 N–H and O–H groups in total. The zero-order valence-electron chi connectivity index (χ0n) is 7.24. The van der Waals surface area contributed by atoms with Gasteiger partial charge in [0.25, 0.3) is 0 Å². The molecule has 1 aromatic rings. The molecular weight excluding hydrogens is 188 g/mol. The normalized spacial score (nSPS) is 22.1. The van der Waals surface area contributed by atoms with Crippen LogP contribution in [-0.4, -0.2) is 23.2 Å². The van der Waals surface area contributed by atoms with Crippen LogP contribution in [0.3, 0.4) is 0 Å². The van der Waals surface area contributed by atoms with Crippen molar-refractivity contribution in [1.29, 1.82) is 0 Å². The molecule has 1 aromatic heterocycles. The van der Waals surface area contributed by atoms with E-state index in [2.05, 4.69) is 9.97 Å². The van der Waals surface area contributed by atoms with Gasteiger partial charge in [0.2, 0.25) is 0 Å². The highest BCUT2D eigenvalue weighted by Crippen LogP contribution is 2.21. The Morgan fingerprint density at radius 3 is 3.23 bits per heavy atom. The first-order valence-corrected chi connectivity index (χ1v) is 4.89. The Morgan fingerprint density at radius 2 is 2.54 bits per heavy atom. The Balaban J connectivity index is 2.18. The van der Waals surface area contributed by atoms with Crippen LogP contribution >= 0.6 is 11.6 Å². The van der Waals surface area contributed by atoms with Gasteiger partial charge >= 0.3 is 0 Å². The first-order valence-electron chi connectivity index (χ1n) is 4.35. The lowest BCUT2D eigenvalue weighted by Gasteiger charge is -2.05. The van der Waals surface area contributed by atoms with Crippen LogP contribution in [0.25, 0.3) is 0 Å². The summed E-state index contributed by atoms with van der Waals surface area (Å²) in [6.07, 6.45) is 2.78. The van der Waals surface area contributed by atoms with Gasteiger partial charge in [-0.05, 0) is 12.5 Å². The number of ether oxygens (including phenoxy) is 1. The number of nitrogens with zero attached hydrogens (tertiary/aromatic N) is 2. The first kappa shape index (κ1) is 8.91. The summed E-state index contributed by atoms with van der Waals surface area (Å²) in [5, 5.41) is 0. The quantitative estimate of drug-likeness (QED) is 0.679. The Labute approximate surface area is 82.1 Å². The minimum Gasteiger partial charge on any atom is -0.381 e. The molecule has 0 bridgehead atoms. The fourth-order valence-electron chi connectivity index (χ4n) is 1.42. The second kappa shape index (κ2) is 4.03. The summed E-state index contributed by atoms with van der Waals surface area (Å²) in [6.45, 7) is 1.56. The standard InChI is InChI=1S/C9H11ClN2O/c10-5-8-1-3-11-9(12-8)7-2-4-13-6-7/h1,3,7H,2,4-6H2/t7-/m1/s1. The smallest absolute Gasteiger partial charge is 0.134 e. The van der Waals surface area contributed by atoms with E-state index < -0.39 is 0 Å². The zero-order chi connectivity index (χ0) is 9.10. The highest BCUT2D eigenvalue weighted by atomic mass is 35.5. The molecule has 70 valence electrons. The fourth-order valence-corrected chi connectivity index (χ4v) is 1.57. The molecule has 0 aromatic carbocycles. The minimum atomic E-state index is 0.364. The Bertz CT molecular complexity index is 287. The van der Waals surface area contributed by atoms with Gasteiger partial charge in [-0.15, -0.1) is 11.6 Å². The van der Waals surface area contributed by atoms with Crippen molar-refractivity contribution in [2.24, 2.45) is 0 Å². The second-order valence-electron chi connectivity index (χ2n) is 3.10. The number of alkyl halides is 1.